The summed E-state index contributed by atoms with van der Waals surface area (Å²) < 4.78 is 0. The number of aliphatic carboxylic acids is 2. The molecule has 13 nitrogen and oxygen atoms in total. The third-order valence-corrected chi connectivity index (χ3v) is 6.40. The van der Waals surface area contributed by atoms with Gasteiger partial charge in [0.25, 0.3) is 0 Å². The molecule has 0 bridgehead atoms. The zero-order chi connectivity index (χ0) is 28.4. The van der Waals surface area contributed by atoms with E-state index in [2.05, 4.69) is 20.9 Å². The summed E-state index contributed by atoms with van der Waals surface area (Å²) in [5.41, 5.74) is 7.68. The summed E-state index contributed by atoms with van der Waals surface area (Å²) in [4.78, 5) is 64.3. The number of aliphatic hydroxyl groups excluding tert-OH is 1. The summed E-state index contributed by atoms with van der Waals surface area (Å²) in [7, 11) is 0. The fourth-order valence-corrected chi connectivity index (χ4v) is 4.18. The summed E-state index contributed by atoms with van der Waals surface area (Å²) in [6.45, 7) is 1.19. The van der Waals surface area contributed by atoms with E-state index in [4.69, 9.17) is 5.73 Å². The zero-order valence-corrected chi connectivity index (χ0v) is 21.8. The fourth-order valence-electron chi connectivity index (χ4n) is 3.71. The number of para-hydroxylation sites is 1. The number of fused-ring (bicyclic) bond motifs is 1. The van der Waals surface area contributed by atoms with Crippen LogP contribution in [0.2, 0.25) is 0 Å². The molecule has 5 atom stereocenters. The Kier molecular flexibility index (Phi) is 11.6. The van der Waals surface area contributed by atoms with Crippen molar-refractivity contribution in [1.29, 1.82) is 0 Å². The number of benzene rings is 1. The van der Waals surface area contributed by atoms with Crippen molar-refractivity contribution in [2.75, 3.05) is 12.0 Å². The van der Waals surface area contributed by atoms with Crippen LogP contribution >= 0.6 is 11.8 Å². The quantitative estimate of drug-likeness (QED) is 0.137. The van der Waals surface area contributed by atoms with Gasteiger partial charge in [-0.2, -0.15) is 11.8 Å². The Bertz CT molecular complexity index is 1150. The van der Waals surface area contributed by atoms with Crippen molar-refractivity contribution in [3.05, 3.63) is 36.0 Å². The summed E-state index contributed by atoms with van der Waals surface area (Å²) in [6.07, 6.45) is 1.48. The van der Waals surface area contributed by atoms with E-state index in [1.54, 1.807) is 12.5 Å². The topological polar surface area (TPSA) is 224 Å². The maximum Gasteiger partial charge on any atom is 0.328 e. The van der Waals surface area contributed by atoms with E-state index in [0.29, 0.717) is 5.75 Å². The molecule has 9 N–H and O–H groups in total. The second-order valence-electron chi connectivity index (χ2n) is 8.74. The summed E-state index contributed by atoms with van der Waals surface area (Å²) in [6, 6.07) is 1.89. The third-order valence-electron chi connectivity index (χ3n) is 5.75. The van der Waals surface area contributed by atoms with Crippen molar-refractivity contribution < 1.29 is 39.3 Å². The first kappa shape index (κ1) is 30.6. The standard InChI is InChI=1S/C24H33N5O8S/c1-12(30)20(24(36)37)29-22(34)17(7-8-38-2)27-23(35)18(10-19(31)32)28-21(33)15(25)9-13-11-26-16-6-4-3-5-14(13)16/h3-6,11-12,15,17-18,20,26,30H,7-10,25H2,1-2H3,(H,27,35)(H,28,33)(H,29,34)(H,31,32)(H,36,37). The van der Waals surface area contributed by atoms with E-state index in [1.165, 1.54) is 18.7 Å². The van der Waals surface area contributed by atoms with Gasteiger partial charge in [-0.1, -0.05) is 18.2 Å². The summed E-state index contributed by atoms with van der Waals surface area (Å²) >= 11 is 1.36. The molecule has 0 aliphatic carbocycles. The zero-order valence-electron chi connectivity index (χ0n) is 21.0. The first-order chi connectivity index (χ1) is 17.9. The molecule has 2 rings (SSSR count). The highest BCUT2D eigenvalue weighted by molar-refractivity contribution is 7.98. The van der Waals surface area contributed by atoms with Crippen molar-refractivity contribution in [3.8, 4) is 0 Å². The van der Waals surface area contributed by atoms with Crippen LogP contribution in [0.15, 0.2) is 30.5 Å². The van der Waals surface area contributed by atoms with Crippen LogP contribution in [0, 0.1) is 0 Å². The van der Waals surface area contributed by atoms with Crippen molar-refractivity contribution in [1.82, 2.24) is 20.9 Å². The SMILES string of the molecule is CSCCC(NC(=O)C(CC(=O)O)NC(=O)C(N)Cc1c[nH]c2ccccc12)C(=O)NC(C(=O)O)C(C)O. The molecule has 208 valence electrons. The highest BCUT2D eigenvalue weighted by Crippen LogP contribution is 2.18. The van der Waals surface area contributed by atoms with Crippen LogP contribution in [-0.4, -0.2) is 92.2 Å². The number of nitrogens with one attached hydrogen (secondary N) is 4. The van der Waals surface area contributed by atoms with Crippen molar-refractivity contribution in [2.45, 2.75) is 56.5 Å². The van der Waals surface area contributed by atoms with Crippen LogP contribution in [0.3, 0.4) is 0 Å². The van der Waals surface area contributed by atoms with Crippen LogP contribution < -0.4 is 21.7 Å². The Morgan fingerprint density at radius 2 is 1.63 bits per heavy atom. The van der Waals surface area contributed by atoms with Gasteiger partial charge in [0.15, 0.2) is 6.04 Å². The number of H-pyrrole nitrogens is 1. The van der Waals surface area contributed by atoms with Gasteiger partial charge in [0, 0.05) is 17.1 Å². The molecule has 1 heterocycles. The minimum atomic E-state index is -1.62. The summed E-state index contributed by atoms with van der Waals surface area (Å²) in [5, 5.41) is 35.9. The Labute approximate surface area is 222 Å². The van der Waals surface area contributed by atoms with Crippen molar-refractivity contribution in [2.24, 2.45) is 5.73 Å². The number of hydrogen-bond donors (Lipinski definition) is 8. The maximum atomic E-state index is 13.0. The summed E-state index contributed by atoms with van der Waals surface area (Å²) in [5.74, 6) is -5.04. The average Bonchev–Trinajstić information content (AvgIpc) is 3.26. The Balaban J connectivity index is 2.13. The first-order valence-corrected chi connectivity index (χ1v) is 13.2. The van der Waals surface area contributed by atoms with Crippen LogP contribution in [0.25, 0.3) is 10.9 Å². The molecule has 0 saturated carbocycles. The minimum Gasteiger partial charge on any atom is -0.481 e. The van der Waals surface area contributed by atoms with Gasteiger partial charge >= 0.3 is 11.9 Å². The fraction of sp³-hybridized carbons (Fsp3) is 0.458. The van der Waals surface area contributed by atoms with E-state index >= 15 is 0 Å². The van der Waals surface area contributed by atoms with E-state index in [1.807, 2.05) is 24.3 Å². The number of aliphatic hydroxyl groups is 1. The second kappa shape index (κ2) is 14.4. The molecule has 5 unspecified atom stereocenters. The van der Waals surface area contributed by atoms with Gasteiger partial charge in [-0.3, -0.25) is 19.2 Å². The molecular formula is C24H33N5O8S. The van der Waals surface area contributed by atoms with E-state index in [-0.39, 0.29) is 12.8 Å². The molecule has 0 aliphatic heterocycles. The van der Waals surface area contributed by atoms with Crippen molar-refractivity contribution >= 4 is 52.3 Å². The molecular weight excluding hydrogens is 518 g/mol. The van der Waals surface area contributed by atoms with Gasteiger partial charge < -0.3 is 42.0 Å². The number of hydrogen-bond acceptors (Lipinski definition) is 8. The van der Waals surface area contributed by atoms with Gasteiger partial charge in [-0.25, -0.2) is 4.79 Å². The van der Waals surface area contributed by atoms with Crippen LogP contribution in [0.4, 0.5) is 0 Å². The number of amides is 3. The lowest BCUT2D eigenvalue weighted by Gasteiger charge is -2.25. The Morgan fingerprint density at radius 3 is 2.24 bits per heavy atom. The second-order valence-corrected chi connectivity index (χ2v) is 9.72. The molecule has 0 radical (unpaired) electrons. The molecule has 0 spiro atoms. The Morgan fingerprint density at radius 1 is 1.00 bits per heavy atom. The van der Waals surface area contributed by atoms with E-state index in [0.717, 1.165) is 16.5 Å². The monoisotopic (exact) mass is 551 g/mol. The van der Waals surface area contributed by atoms with Crippen molar-refractivity contribution in [3.63, 3.8) is 0 Å². The molecule has 1 aromatic carbocycles. The third kappa shape index (κ3) is 8.75. The number of nitrogens with two attached hydrogens (primary N) is 1. The van der Waals surface area contributed by atoms with Gasteiger partial charge in [0.1, 0.15) is 12.1 Å². The van der Waals surface area contributed by atoms with E-state index < -0.39 is 66.4 Å². The number of carboxylic acids is 2. The Hall–Kier alpha value is -3.62. The lowest BCUT2D eigenvalue weighted by Crippen LogP contribution is -2.58. The molecule has 2 aromatic rings. The number of aromatic nitrogens is 1. The first-order valence-electron chi connectivity index (χ1n) is 11.8. The van der Waals surface area contributed by atoms with Gasteiger partial charge in [0.05, 0.1) is 18.6 Å². The number of carbonyl (C=O) groups is 5. The molecule has 38 heavy (non-hydrogen) atoms. The van der Waals surface area contributed by atoms with Gasteiger partial charge in [0.2, 0.25) is 17.7 Å². The molecule has 3 amide bonds. The van der Waals surface area contributed by atoms with Crippen LogP contribution in [-0.2, 0) is 30.4 Å². The van der Waals surface area contributed by atoms with Crippen LogP contribution in [0.5, 0.6) is 0 Å². The molecule has 0 saturated heterocycles. The number of thioether (sulfide) groups is 1. The smallest absolute Gasteiger partial charge is 0.328 e. The molecule has 1 aromatic heterocycles. The normalized spacial score (nSPS) is 15.1. The number of rotatable bonds is 15. The van der Waals surface area contributed by atoms with Gasteiger partial charge in [-0.05, 0) is 43.4 Å². The predicted octanol–water partition coefficient (Wildman–Crippen LogP) is -0.815. The van der Waals surface area contributed by atoms with Crippen LogP contribution in [0.1, 0.15) is 25.3 Å². The highest BCUT2D eigenvalue weighted by atomic mass is 32.2. The largest absolute Gasteiger partial charge is 0.481 e. The lowest BCUT2D eigenvalue weighted by atomic mass is 10.0. The molecule has 14 heteroatoms. The average molecular weight is 552 g/mol. The predicted molar refractivity (Wildman–Crippen MR) is 140 cm³/mol. The maximum absolute atomic E-state index is 13.0. The number of carbonyl (C=O) groups excluding carboxylic acids is 3. The highest BCUT2D eigenvalue weighted by Gasteiger charge is 2.32. The van der Waals surface area contributed by atoms with E-state index in [9.17, 15) is 39.3 Å². The number of aromatic amines is 1. The van der Waals surface area contributed by atoms with Gasteiger partial charge in [-0.15, -0.1) is 0 Å². The lowest BCUT2D eigenvalue weighted by molar-refractivity contribution is -0.145. The minimum absolute atomic E-state index is 0.0820. The number of carboxylic acid groups (broad SMARTS) is 2. The molecule has 0 fully saturated rings. The molecule has 0 aliphatic rings.